The van der Waals surface area contributed by atoms with Crippen LogP contribution in [0, 0.1) is 0 Å². The van der Waals surface area contributed by atoms with Gasteiger partial charge in [-0.1, -0.05) is 35.9 Å². The van der Waals surface area contributed by atoms with Gasteiger partial charge >= 0.3 is 0 Å². The Morgan fingerprint density at radius 1 is 1.25 bits per heavy atom. The number of benzene rings is 2. The molecule has 3 aromatic rings. The minimum atomic E-state index is -0.0533. The van der Waals surface area contributed by atoms with Crippen LogP contribution < -0.4 is 5.32 Å². The molecule has 1 heterocycles. The predicted octanol–water partition coefficient (Wildman–Crippen LogP) is 4.42. The third-order valence-corrected chi connectivity index (χ3v) is 4.22. The molecule has 4 nitrogen and oxygen atoms in total. The van der Waals surface area contributed by atoms with Gasteiger partial charge in [0.25, 0.3) is 0 Å². The van der Waals surface area contributed by atoms with E-state index in [9.17, 15) is 4.79 Å². The Kier molecular flexibility index (Phi) is 5.16. The van der Waals surface area contributed by atoms with E-state index in [1.165, 1.54) is 0 Å². The van der Waals surface area contributed by atoms with Gasteiger partial charge in [-0.2, -0.15) is 0 Å². The summed E-state index contributed by atoms with van der Waals surface area (Å²) < 4.78 is 0. The average Bonchev–Trinajstić information content (AvgIpc) is 2.97. The fourth-order valence-corrected chi connectivity index (χ4v) is 2.91. The normalized spacial score (nSPS) is 12.2. The maximum absolute atomic E-state index is 12.1. The maximum Gasteiger partial charge on any atom is 0.220 e. The third-order valence-electron chi connectivity index (χ3n) is 3.98. The zero-order valence-corrected chi connectivity index (χ0v) is 14.3. The Morgan fingerprint density at radius 3 is 2.88 bits per heavy atom. The summed E-state index contributed by atoms with van der Waals surface area (Å²) in [5.41, 5.74) is 3.01. The van der Waals surface area contributed by atoms with E-state index in [-0.39, 0.29) is 11.9 Å². The summed E-state index contributed by atoms with van der Waals surface area (Å²) in [6.45, 7) is 1.96. The molecule has 2 aromatic carbocycles. The van der Waals surface area contributed by atoms with E-state index in [0.717, 1.165) is 35.3 Å². The molecule has 0 radical (unpaired) electrons. The molecule has 0 fully saturated rings. The van der Waals surface area contributed by atoms with E-state index in [2.05, 4.69) is 15.3 Å². The molecule has 0 spiro atoms. The Morgan fingerprint density at radius 2 is 2.08 bits per heavy atom. The van der Waals surface area contributed by atoms with E-state index >= 15 is 0 Å². The number of carbonyl (C=O) groups excluding carboxylic acids is 1. The van der Waals surface area contributed by atoms with Gasteiger partial charge in [-0.15, -0.1) is 0 Å². The highest BCUT2D eigenvalue weighted by Gasteiger charge is 2.10. The highest BCUT2D eigenvalue weighted by molar-refractivity contribution is 6.30. The predicted molar refractivity (Wildman–Crippen MR) is 97.0 cm³/mol. The minimum Gasteiger partial charge on any atom is -0.350 e. The van der Waals surface area contributed by atoms with E-state index < -0.39 is 0 Å². The van der Waals surface area contributed by atoms with Crippen molar-refractivity contribution in [1.82, 2.24) is 15.3 Å². The summed E-state index contributed by atoms with van der Waals surface area (Å²) in [5, 5.41) is 3.69. The zero-order valence-electron chi connectivity index (χ0n) is 13.6. The molecule has 1 amide bonds. The quantitative estimate of drug-likeness (QED) is 0.697. The molecule has 0 saturated carbocycles. The smallest absolute Gasteiger partial charge is 0.220 e. The van der Waals surface area contributed by atoms with Crippen LogP contribution >= 0.6 is 11.6 Å². The molecule has 5 heteroatoms. The molecule has 124 valence electrons. The van der Waals surface area contributed by atoms with Gasteiger partial charge in [0.15, 0.2) is 0 Å². The van der Waals surface area contributed by atoms with Crippen LogP contribution in [0.4, 0.5) is 0 Å². The van der Waals surface area contributed by atoms with Crippen LogP contribution in [-0.4, -0.2) is 15.9 Å². The number of H-pyrrole nitrogens is 1. The SMILES string of the molecule is CC(NC(=O)CCCc1nc2ccccc2[nH]1)c1cccc(Cl)c1. The number of carbonyl (C=O) groups is 1. The number of nitrogens with zero attached hydrogens (tertiary/aromatic N) is 1. The van der Waals surface area contributed by atoms with E-state index in [1.807, 2.05) is 55.5 Å². The fraction of sp³-hybridized carbons (Fsp3) is 0.263. The van der Waals surface area contributed by atoms with Gasteiger partial charge in [0, 0.05) is 17.9 Å². The summed E-state index contributed by atoms with van der Waals surface area (Å²) in [6, 6.07) is 15.4. The Hall–Kier alpha value is -2.33. The second-order valence-corrected chi connectivity index (χ2v) is 6.33. The Balaban J connectivity index is 1.48. The van der Waals surface area contributed by atoms with Gasteiger partial charge in [0.1, 0.15) is 5.82 Å². The first kappa shape index (κ1) is 16.5. The van der Waals surface area contributed by atoms with E-state index in [4.69, 9.17) is 11.6 Å². The average molecular weight is 342 g/mol. The number of fused-ring (bicyclic) bond motifs is 1. The van der Waals surface area contributed by atoms with Crippen LogP contribution in [0.2, 0.25) is 5.02 Å². The number of para-hydroxylation sites is 2. The van der Waals surface area contributed by atoms with Crippen LogP contribution in [0.5, 0.6) is 0 Å². The molecule has 1 aromatic heterocycles. The molecule has 0 saturated heterocycles. The van der Waals surface area contributed by atoms with Crippen molar-refractivity contribution in [2.45, 2.75) is 32.2 Å². The Labute approximate surface area is 146 Å². The Bertz CT molecular complexity index is 810. The van der Waals surface area contributed by atoms with Gasteiger partial charge in [-0.25, -0.2) is 4.98 Å². The number of imidazole rings is 1. The standard InChI is InChI=1S/C19H20ClN3O/c1-13(14-6-4-7-15(20)12-14)21-19(24)11-5-10-18-22-16-8-2-3-9-17(16)23-18/h2-4,6-9,12-13H,5,10-11H2,1H3,(H,21,24)(H,22,23). The lowest BCUT2D eigenvalue weighted by molar-refractivity contribution is -0.121. The summed E-state index contributed by atoms with van der Waals surface area (Å²) >= 11 is 5.99. The molecule has 0 aliphatic rings. The summed E-state index contributed by atoms with van der Waals surface area (Å²) in [6.07, 6.45) is 1.99. The molecular weight excluding hydrogens is 322 g/mol. The van der Waals surface area contributed by atoms with Gasteiger partial charge in [-0.05, 0) is 43.2 Å². The number of hydrogen-bond donors (Lipinski definition) is 2. The van der Waals surface area contributed by atoms with Crippen molar-refractivity contribution in [3.05, 3.63) is 64.9 Å². The van der Waals surface area contributed by atoms with Crippen LogP contribution in [0.3, 0.4) is 0 Å². The molecule has 0 aliphatic carbocycles. The number of nitrogens with one attached hydrogen (secondary N) is 2. The number of aromatic nitrogens is 2. The highest BCUT2D eigenvalue weighted by atomic mass is 35.5. The third kappa shape index (κ3) is 4.15. The second kappa shape index (κ2) is 7.49. The van der Waals surface area contributed by atoms with Crippen molar-refractivity contribution < 1.29 is 4.79 Å². The molecule has 1 atom stereocenters. The van der Waals surface area contributed by atoms with Crippen molar-refractivity contribution in [1.29, 1.82) is 0 Å². The van der Waals surface area contributed by atoms with Gasteiger partial charge in [-0.3, -0.25) is 4.79 Å². The highest BCUT2D eigenvalue weighted by Crippen LogP contribution is 2.17. The molecule has 3 rings (SSSR count). The van der Waals surface area contributed by atoms with Crippen molar-refractivity contribution in [3.8, 4) is 0 Å². The molecule has 2 N–H and O–H groups in total. The first-order valence-electron chi connectivity index (χ1n) is 8.10. The van der Waals surface area contributed by atoms with Crippen molar-refractivity contribution >= 4 is 28.5 Å². The summed E-state index contributed by atoms with van der Waals surface area (Å²) in [4.78, 5) is 19.9. The van der Waals surface area contributed by atoms with E-state index in [1.54, 1.807) is 0 Å². The number of amides is 1. The lowest BCUT2D eigenvalue weighted by atomic mass is 10.1. The second-order valence-electron chi connectivity index (χ2n) is 5.90. The van der Waals surface area contributed by atoms with Gasteiger partial charge < -0.3 is 10.3 Å². The monoisotopic (exact) mass is 341 g/mol. The summed E-state index contributed by atoms with van der Waals surface area (Å²) in [7, 11) is 0. The topological polar surface area (TPSA) is 57.8 Å². The molecular formula is C19H20ClN3O. The van der Waals surface area contributed by atoms with Crippen LogP contribution in [0.1, 0.15) is 37.2 Å². The first-order valence-corrected chi connectivity index (χ1v) is 8.48. The lowest BCUT2D eigenvalue weighted by Gasteiger charge is -2.14. The van der Waals surface area contributed by atoms with Gasteiger partial charge in [0.2, 0.25) is 5.91 Å². The van der Waals surface area contributed by atoms with Crippen molar-refractivity contribution in [2.24, 2.45) is 0 Å². The van der Waals surface area contributed by atoms with Crippen LogP contribution in [-0.2, 0) is 11.2 Å². The lowest BCUT2D eigenvalue weighted by Crippen LogP contribution is -2.26. The van der Waals surface area contributed by atoms with Gasteiger partial charge in [0.05, 0.1) is 17.1 Å². The van der Waals surface area contributed by atoms with Crippen molar-refractivity contribution in [3.63, 3.8) is 0 Å². The molecule has 1 unspecified atom stereocenters. The van der Waals surface area contributed by atoms with Crippen LogP contribution in [0.15, 0.2) is 48.5 Å². The number of aromatic amines is 1. The first-order chi connectivity index (χ1) is 11.6. The molecule has 24 heavy (non-hydrogen) atoms. The number of rotatable bonds is 6. The molecule has 0 bridgehead atoms. The number of hydrogen-bond acceptors (Lipinski definition) is 2. The molecule has 0 aliphatic heterocycles. The minimum absolute atomic E-state index is 0.0404. The zero-order chi connectivity index (χ0) is 16.9. The number of halogens is 1. The number of aryl methyl sites for hydroxylation is 1. The van der Waals surface area contributed by atoms with E-state index in [0.29, 0.717) is 11.4 Å². The van der Waals surface area contributed by atoms with Crippen LogP contribution in [0.25, 0.3) is 11.0 Å². The fourth-order valence-electron chi connectivity index (χ4n) is 2.71. The largest absolute Gasteiger partial charge is 0.350 e. The maximum atomic E-state index is 12.1. The van der Waals surface area contributed by atoms with Crippen molar-refractivity contribution in [2.75, 3.05) is 0 Å². The summed E-state index contributed by atoms with van der Waals surface area (Å²) in [5.74, 6) is 0.963.